The SMILES string of the molecule is CC12CC3CC(C1)CC(C(O)c1ccccc1Cl)(C3)C2. The molecule has 4 fully saturated rings. The summed E-state index contributed by atoms with van der Waals surface area (Å²) in [5, 5.41) is 11.8. The maximum absolute atomic E-state index is 11.1. The monoisotopic (exact) mass is 290 g/mol. The number of hydrogen-bond donors (Lipinski definition) is 1. The first-order chi connectivity index (χ1) is 9.50. The van der Waals surface area contributed by atoms with Gasteiger partial charge in [-0.05, 0) is 67.4 Å². The van der Waals surface area contributed by atoms with Crippen LogP contribution in [0.15, 0.2) is 24.3 Å². The highest BCUT2D eigenvalue weighted by atomic mass is 35.5. The Balaban J connectivity index is 1.73. The molecule has 1 nitrogen and oxygen atoms in total. The van der Waals surface area contributed by atoms with Crippen LogP contribution < -0.4 is 0 Å². The van der Waals surface area contributed by atoms with Gasteiger partial charge in [0.15, 0.2) is 0 Å². The molecule has 0 aromatic heterocycles. The fourth-order valence-electron chi connectivity index (χ4n) is 6.14. The van der Waals surface area contributed by atoms with E-state index in [0.29, 0.717) is 5.41 Å². The molecule has 0 saturated heterocycles. The van der Waals surface area contributed by atoms with Gasteiger partial charge in [-0.15, -0.1) is 0 Å². The van der Waals surface area contributed by atoms with Crippen molar-refractivity contribution in [1.29, 1.82) is 0 Å². The second kappa shape index (κ2) is 4.24. The summed E-state index contributed by atoms with van der Waals surface area (Å²) in [4.78, 5) is 0. The third-order valence-electron chi connectivity index (χ3n) is 6.18. The van der Waals surface area contributed by atoms with Crippen molar-refractivity contribution in [2.75, 3.05) is 0 Å². The molecule has 1 N–H and O–H groups in total. The van der Waals surface area contributed by atoms with E-state index in [9.17, 15) is 5.11 Å². The molecule has 20 heavy (non-hydrogen) atoms. The minimum absolute atomic E-state index is 0.0871. The van der Waals surface area contributed by atoms with Crippen LogP contribution in [0.25, 0.3) is 0 Å². The third kappa shape index (κ3) is 1.86. The largest absolute Gasteiger partial charge is 0.388 e. The topological polar surface area (TPSA) is 20.2 Å². The van der Waals surface area contributed by atoms with Gasteiger partial charge in [-0.1, -0.05) is 36.7 Å². The van der Waals surface area contributed by atoms with E-state index in [0.717, 1.165) is 22.4 Å². The minimum atomic E-state index is -0.388. The molecule has 1 aromatic rings. The van der Waals surface area contributed by atoms with Crippen LogP contribution in [0.4, 0.5) is 0 Å². The Morgan fingerprint density at radius 1 is 1.15 bits per heavy atom. The summed E-state index contributed by atoms with van der Waals surface area (Å²) in [6, 6.07) is 7.85. The van der Waals surface area contributed by atoms with Crippen molar-refractivity contribution in [2.45, 2.75) is 51.6 Å². The fourth-order valence-corrected chi connectivity index (χ4v) is 6.38. The second-order valence-corrected chi connectivity index (χ2v) is 8.47. The molecule has 2 heteroatoms. The van der Waals surface area contributed by atoms with Crippen LogP contribution in [-0.2, 0) is 0 Å². The average Bonchev–Trinajstić information content (AvgIpc) is 2.35. The van der Waals surface area contributed by atoms with Crippen molar-refractivity contribution in [2.24, 2.45) is 22.7 Å². The Bertz CT molecular complexity index is 524. The predicted octanol–water partition coefficient (Wildman–Crippen LogP) is 4.98. The Hall–Kier alpha value is -0.530. The van der Waals surface area contributed by atoms with Crippen molar-refractivity contribution >= 4 is 11.6 Å². The van der Waals surface area contributed by atoms with Crippen LogP contribution in [-0.4, -0.2) is 5.11 Å². The average molecular weight is 291 g/mol. The lowest BCUT2D eigenvalue weighted by Crippen LogP contribution is -2.53. The van der Waals surface area contributed by atoms with E-state index >= 15 is 0 Å². The van der Waals surface area contributed by atoms with E-state index in [1.165, 1.54) is 38.5 Å². The minimum Gasteiger partial charge on any atom is -0.388 e. The second-order valence-electron chi connectivity index (χ2n) is 8.06. The molecule has 3 unspecified atom stereocenters. The molecule has 4 aliphatic rings. The highest BCUT2D eigenvalue weighted by Crippen LogP contribution is 2.68. The quantitative estimate of drug-likeness (QED) is 0.814. The van der Waals surface area contributed by atoms with Gasteiger partial charge in [-0.2, -0.15) is 0 Å². The maximum atomic E-state index is 11.1. The van der Waals surface area contributed by atoms with Crippen LogP contribution >= 0.6 is 11.6 Å². The summed E-state index contributed by atoms with van der Waals surface area (Å²) in [6.07, 6.45) is 7.34. The van der Waals surface area contributed by atoms with E-state index in [4.69, 9.17) is 11.6 Å². The summed E-state index contributed by atoms with van der Waals surface area (Å²) < 4.78 is 0. The zero-order valence-corrected chi connectivity index (χ0v) is 12.9. The summed E-state index contributed by atoms with van der Waals surface area (Å²) in [5.74, 6) is 1.66. The fraction of sp³-hybridized carbons (Fsp3) is 0.667. The standard InChI is InChI=1S/C18H23ClO/c1-17-7-12-6-13(8-17)10-18(9-12,11-17)16(20)14-4-2-3-5-15(14)19/h2-5,12-13,16,20H,6-11H2,1H3. The lowest BCUT2D eigenvalue weighted by atomic mass is 9.43. The van der Waals surface area contributed by atoms with E-state index in [1.807, 2.05) is 24.3 Å². The summed E-state index contributed by atoms with van der Waals surface area (Å²) >= 11 is 6.33. The van der Waals surface area contributed by atoms with Crippen LogP contribution in [0.5, 0.6) is 0 Å². The van der Waals surface area contributed by atoms with Gasteiger partial charge < -0.3 is 5.11 Å². The Morgan fingerprint density at radius 3 is 2.40 bits per heavy atom. The van der Waals surface area contributed by atoms with Crippen molar-refractivity contribution in [3.63, 3.8) is 0 Å². The molecular formula is C18H23ClO. The van der Waals surface area contributed by atoms with Gasteiger partial charge in [0, 0.05) is 10.4 Å². The van der Waals surface area contributed by atoms with Gasteiger partial charge >= 0.3 is 0 Å². The molecule has 0 amide bonds. The number of hydrogen-bond acceptors (Lipinski definition) is 1. The first-order valence-electron chi connectivity index (χ1n) is 7.92. The van der Waals surface area contributed by atoms with Gasteiger partial charge in [0.2, 0.25) is 0 Å². The first kappa shape index (κ1) is 13.2. The highest BCUT2D eigenvalue weighted by molar-refractivity contribution is 6.31. The normalized spacial score (nSPS) is 43.8. The molecular weight excluding hydrogens is 268 g/mol. The van der Waals surface area contributed by atoms with Gasteiger partial charge in [0.05, 0.1) is 6.10 Å². The molecule has 0 aliphatic heterocycles. The van der Waals surface area contributed by atoms with Crippen molar-refractivity contribution in [3.8, 4) is 0 Å². The van der Waals surface area contributed by atoms with Gasteiger partial charge in [-0.25, -0.2) is 0 Å². The van der Waals surface area contributed by atoms with Gasteiger partial charge in [-0.3, -0.25) is 0 Å². The smallest absolute Gasteiger partial charge is 0.0860 e. The number of aliphatic hydroxyl groups excluding tert-OH is 1. The number of aliphatic hydroxyl groups is 1. The lowest BCUT2D eigenvalue weighted by Gasteiger charge is -2.62. The van der Waals surface area contributed by atoms with E-state index < -0.39 is 0 Å². The molecule has 4 bridgehead atoms. The molecule has 3 atom stereocenters. The molecule has 0 spiro atoms. The lowest BCUT2D eigenvalue weighted by molar-refractivity contribution is -0.155. The molecule has 4 aliphatic carbocycles. The molecule has 1 aromatic carbocycles. The maximum Gasteiger partial charge on any atom is 0.0860 e. The molecule has 4 saturated carbocycles. The predicted molar refractivity (Wildman–Crippen MR) is 81.6 cm³/mol. The Morgan fingerprint density at radius 2 is 1.80 bits per heavy atom. The zero-order chi connectivity index (χ0) is 14.0. The number of halogens is 1. The van der Waals surface area contributed by atoms with Crippen molar-refractivity contribution in [3.05, 3.63) is 34.9 Å². The molecule has 5 rings (SSSR count). The first-order valence-corrected chi connectivity index (χ1v) is 8.30. The Labute approximate surface area is 126 Å². The summed E-state index contributed by atoms with van der Waals surface area (Å²) in [6.45, 7) is 2.44. The number of rotatable bonds is 2. The van der Waals surface area contributed by atoms with E-state index in [-0.39, 0.29) is 11.5 Å². The van der Waals surface area contributed by atoms with Crippen molar-refractivity contribution in [1.82, 2.24) is 0 Å². The van der Waals surface area contributed by atoms with Crippen LogP contribution in [0, 0.1) is 22.7 Å². The van der Waals surface area contributed by atoms with Gasteiger partial charge in [0.1, 0.15) is 0 Å². The van der Waals surface area contributed by atoms with Crippen LogP contribution in [0.2, 0.25) is 5.02 Å². The zero-order valence-electron chi connectivity index (χ0n) is 12.1. The van der Waals surface area contributed by atoms with E-state index in [1.54, 1.807) is 0 Å². The summed E-state index contributed by atoms with van der Waals surface area (Å²) in [5.41, 5.74) is 1.50. The van der Waals surface area contributed by atoms with Crippen LogP contribution in [0.1, 0.15) is 57.1 Å². The van der Waals surface area contributed by atoms with E-state index in [2.05, 4.69) is 6.92 Å². The van der Waals surface area contributed by atoms with Crippen molar-refractivity contribution < 1.29 is 5.11 Å². The third-order valence-corrected chi connectivity index (χ3v) is 6.52. The Kier molecular flexibility index (Phi) is 2.79. The highest BCUT2D eigenvalue weighted by Gasteiger charge is 2.58. The van der Waals surface area contributed by atoms with Gasteiger partial charge in [0.25, 0.3) is 0 Å². The molecule has 0 heterocycles. The van der Waals surface area contributed by atoms with Crippen LogP contribution in [0.3, 0.4) is 0 Å². The molecule has 0 radical (unpaired) electrons. The molecule has 108 valence electrons. The summed E-state index contributed by atoms with van der Waals surface area (Å²) in [7, 11) is 0. The number of benzene rings is 1.